The number of carbonyl (C=O) groups excluding carboxylic acids is 2. The summed E-state index contributed by atoms with van der Waals surface area (Å²) in [5.74, 6) is -2.50. The molecule has 1 heterocycles. The van der Waals surface area contributed by atoms with Crippen LogP contribution in [0.5, 0.6) is 5.75 Å². The monoisotopic (exact) mass is 609 g/mol. The minimum absolute atomic E-state index is 0.0555. The summed E-state index contributed by atoms with van der Waals surface area (Å²) in [6.07, 6.45) is 4.92. The molecule has 0 bridgehead atoms. The number of phenolic OH excluding ortho intramolecular Hbond substituents is 1. The summed E-state index contributed by atoms with van der Waals surface area (Å²) in [7, 11) is 3.69. The van der Waals surface area contributed by atoms with Crippen LogP contribution in [0.25, 0.3) is 11.1 Å². The van der Waals surface area contributed by atoms with Crippen molar-refractivity contribution in [2.24, 2.45) is 23.5 Å². The van der Waals surface area contributed by atoms with Crippen molar-refractivity contribution in [3.05, 3.63) is 86.9 Å². The third-order valence-electron chi connectivity index (χ3n) is 11.1. The highest BCUT2D eigenvalue weighted by Gasteiger charge is 2.54. The van der Waals surface area contributed by atoms with E-state index in [1.54, 1.807) is 6.07 Å². The van der Waals surface area contributed by atoms with Crippen LogP contribution in [0.3, 0.4) is 0 Å². The van der Waals surface area contributed by atoms with Crippen molar-refractivity contribution in [2.75, 3.05) is 14.1 Å². The van der Waals surface area contributed by atoms with E-state index in [-0.39, 0.29) is 46.0 Å². The van der Waals surface area contributed by atoms with E-state index in [0.29, 0.717) is 36.1 Å². The van der Waals surface area contributed by atoms with Crippen LogP contribution in [0.2, 0.25) is 0 Å². The summed E-state index contributed by atoms with van der Waals surface area (Å²) < 4.78 is 0. The second-order valence-corrected chi connectivity index (χ2v) is 14.1. The second kappa shape index (κ2) is 10.9. The van der Waals surface area contributed by atoms with Crippen molar-refractivity contribution < 1.29 is 24.9 Å². The van der Waals surface area contributed by atoms with Crippen LogP contribution in [0.1, 0.15) is 67.4 Å². The van der Waals surface area contributed by atoms with Crippen molar-refractivity contribution in [1.29, 1.82) is 0 Å². The molecule has 6 atom stereocenters. The maximum absolute atomic E-state index is 14.3. The lowest BCUT2D eigenvalue weighted by Crippen LogP contribution is -2.50. The summed E-state index contributed by atoms with van der Waals surface area (Å²) in [5, 5.41) is 34.5. The molecule has 3 unspecified atom stereocenters. The molecule has 0 spiro atoms. The predicted octanol–water partition coefficient (Wildman–Crippen LogP) is 5.57. The molecule has 1 amide bonds. The number of aromatic hydroxyl groups is 1. The van der Waals surface area contributed by atoms with Gasteiger partial charge in [-0.1, -0.05) is 29.8 Å². The lowest BCUT2D eigenvalue weighted by molar-refractivity contribution is -0.114. The van der Waals surface area contributed by atoms with Gasteiger partial charge in [-0.05, 0) is 118 Å². The molecule has 4 aliphatic carbocycles. The standard InChI is InChI=1S/C37H43N3O5/c1-18-8-9-19(2)40(18)17-20-6-5-7-22(14-20)24-12-13-27(41)30-25(24)15-23-16-26-31(35(43)29(23)34(30)42)28(21-10-11-21)32(37(38)45)36(44)33(26)39(3)4/h5-7,12-14,18-19,23,26,31,33,41,43-44H,8-11,15-17H2,1-4H3,(H2,38,45)/t18-,19-,23?,26?,31?,33+/m1/s1. The normalized spacial score (nSPS) is 29.7. The molecular formula is C37H43N3O5. The van der Waals surface area contributed by atoms with E-state index < -0.39 is 17.9 Å². The predicted molar refractivity (Wildman–Crippen MR) is 173 cm³/mol. The fourth-order valence-corrected chi connectivity index (χ4v) is 8.93. The average Bonchev–Trinajstić information content (AvgIpc) is 3.78. The van der Waals surface area contributed by atoms with Crippen LogP contribution in [0.15, 0.2) is 70.2 Å². The second-order valence-electron chi connectivity index (χ2n) is 14.1. The van der Waals surface area contributed by atoms with Crippen molar-refractivity contribution in [3.63, 3.8) is 0 Å². The minimum Gasteiger partial charge on any atom is -0.511 e. The number of allylic oxidation sites excluding steroid dienone is 3. The zero-order chi connectivity index (χ0) is 31.9. The van der Waals surface area contributed by atoms with Crippen molar-refractivity contribution in [3.8, 4) is 16.9 Å². The van der Waals surface area contributed by atoms with Crippen molar-refractivity contribution >= 4 is 11.7 Å². The number of nitrogens with zero attached hydrogens (tertiary/aromatic N) is 2. The molecule has 1 aliphatic heterocycles. The van der Waals surface area contributed by atoms with Gasteiger partial charge in [0.15, 0.2) is 5.78 Å². The number of aliphatic hydroxyl groups is 2. The minimum atomic E-state index is -0.731. The Kier molecular flexibility index (Phi) is 7.21. The molecule has 2 aromatic rings. The van der Waals surface area contributed by atoms with Crippen LogP contribution in [0.4, 0.5) is 0 Å². The maximum Gasteiger partial charge on any atom is 0.252 e. The third kappa shape index (κ3) is 4.72. The number of amides is 1. The Morgan fingerprint density at radius 2 is 1.71 bits per heavy atom. The van der Waals surface area contributed by atoms with Gasteiger partial charge < -0.3 is 21.1 Å². The number of likely N-dealkylation sites (N-methyl/N-ethyl adjacent to an activating group) is 1. The van der Waals surface area contributed by atoms with E-state index in [1.807, 2.05) is 25.1 Å². The number of fused-ring (bicyclic) bond motifs is 3. The highest BCUT2D eigenvalue weighted by atomic mass is 16.3. The van der Waals surface area contributed by atoms with Gasteiger partial charge in [0, 0.05) is 30.1 Å². The molecule has 1 saturated carbocycles. The summed E-state index contributed by atoms with van der Waals surface area (Å²) >= 11 is 0. The maximum atomic E-state index is 14.3. The number of likely N-dealkylation sites (tertiary alicyclic amines) is 1. The number of Topliss-reactive ketones (excluding diaryl/α,β-unsaturated/α-hetero) is 1. The molecule has 236 valence electrons. The number of primary amides is 1. The number of rotatable bonds is 5. The summed E-state index contributed by atoms with van der Waals surface area (Å²) in [4.78, 5) is 31.4. The summed E-state index contributed by atoms with van der Waals surface area (Å²) in [5.41, 5.74) is 11.9. The largest absolute Gasteiger partial charge is 0.511 e. The van der Waals surface area contributed by atoms with Gasteiger partial charge in [-0.3, -0.25) is 19.4 Å². The first-order chi connectivity index (χ1) is 21.5. The first kappa shape index (κ1) is 29.8. The van der Waals surface area contributed by atoms with Gasteiger partial charge in [0.25, 0.3) is 5.91 Å². The van der Waals surface area contributed by atoms with Crippen molar-refractivity contribution in [2.45, 2.75) is 77.0 Å². The van der Waals surface area contributed by atoms with Crippen LogP contribution in [-0.2, 0) is 17.8 Å². The molecule has 5 N–H and O–H groups in total. The van der Waals surface area contributed by atoms with Gasteiger partial charge in [0.2, 0.25) is 0 Å². The van der Waals surface area contributed by atoms with E-state index in [1.165, 1.54) is 18.4 Å². The molecule has 0 aromatic heterocycles. The number of aliphatic hydroxyl groups excluding tert-OH is 2. The van der Waals surface area contributed by atoms with Gasteiger partial charge >= 0.3 is 0 Å². The van der Waals surface area contributed by atoms with Crippen LogP contribution < -0.4 is 5.73 Å². The summed E-state index contributed by atoms with van der Waals surface area (Å²) in [6, 6.07) is 12.5. The first-order valence-corrected chi connectivity index (χ1v) is 16.3. The Morgan fingerprint density at radius 1 is 1.00 bits per heavy atom. The Morgan fingerprint density at radius 3 is 2.36 bits per heavy atom. The molecule has 2 fully saturated rings. The number of nitrogens with two attached hydrogens (primary N) is 1. The number of hydrogen-bond donors (Lipinski definition) is 4. The topological polar surface area (TPSA) is 127 Å². The molecule has 2 aromatic carbocycles. The molecule has 45 heavy (non-hydrogen) atoms. The van der Waals surface area contributed by atoms with E-state index in [2.05, 4.69) is 43.0 Å². The van der Waals surface area contributed by atoms with Crippen LogP contribution in [0, 0.1) is 17.8 Å². The van der Waals surface area contributed by atoms with Crippen molar-refractivity contribution in [1.82, 2.24) is 9.80 Å². The SMILES string of the molecule is C[C@@H]1CC[C@@H](C)N1Cc1cccc(-c2ccc(O)c3c2CC2CC4C(C(O)=C2C3=O)C(=C2CC2)C(C(N)=O)=C(O)[C@H]4N(C)C)c1. The number of ketones is 1. The first-order valence-electron chi connectivity index (χ1n) is 16.3. The quantitative estimate of drug-likeness (QED) is 0.349. The van der Waals surface area contributed by atoms with Gasteiger partial charge in [0.05, 0.1) is 17.2 Å². The molecular weight excluding hydrogens is 566 g/mol. The van der Waals surface area contributed by atoms with E-state index in [4.69, 9.17) is 5.73 Å². The lowest BCUT2D eigenvalue weighted by Gasteiger charge is -2.48. The van der Waals surface area contributed by atoms with Gasteiger partial charge in [-0.2, -0.15) is 0 Å². The molecule has 8 nitrogen and oxygen atoms in total. The highest BCUT2D eigenvalue weighted by molar-refractivity contribution is 6.14. The third-order valence-corrected chi connectivity index (χ3v) is 11.1. The van der Waals surface area contributed by atoms with Crippen LogP contribution >= 0.6 is 0 Å². The van der Waals surface area contributed by atoms with E-state index >= 15 is 0 Å². The smallest absolute Gasteiger partial charge is 0.252 e. The van der Waals surface area contributed by atoms with E-state index in [9.17, 15) is 24.9 Å². The number of carbonyl (C=O) groups is 2. The zero-order valence-corrected chi connectivity index (χ0v) is 26.5. The Hall–Kier alpha value is -3.88. The molecule has 7 rings (SSSR count). The lowest BCUT2D eigenvalue weighted by atomic mass is 9.59. The Labute approximate surface area is 264 Å². The summed E-state index contributed by atoms with van der Waals surface area (Å²) in [6.45, 7) is 5.42. The molecule has 1 saturated heterocycles. The number of hydrogen-bond acceptors (Lipinski definition) is 7. The fourth-order valence-electron chi connectivity index (χ4n) is 8.93. The molecule has 5 aliphatic rings. The van der Waals surface area contributed by atoms with E-state index in [0.717, 1.165) is 41.6 Å². The highest BCUT2D eigenvalue weighted by Crippen LogP contribution is 2.56. The van der Waals surface area contributed by atoms with Crippen LogP contribution in [-0.4, -0.2) is 69.0 Å². The Bertz CT molecular complexity index is 1700. The molecule has 0 radical (unpaired) electrons. The van der Waals surface area contributed by atoms with Gasteiger partial charge in [-0.15, -0.1) is 0 Å². The number of phenols is 1. The van der Waals surface area contributed by atoms with Gasteiger partial charge in [-0.25, -0.2) is 0 Å². The molecule has 8 heteroatoms. The average molecular weight is 610 g/mol. The Balaban J connectivity index is 1.32. The van der Waals surface area contributed by atoms with Gasteiger partial charge in [0.1, 0.15) is 17.3 Å². The number of benzene rings is 2. The fraction of sp³-hybridized carbons (Fsp3) is 0.459. The zero-order valence-electron chi connectivity index (χ0n) is 26.5.